The molecule has 3 amide bonds. The summed E-state index contributed by atoms with van der Waals surface area (Å²) >= 11 is 0. The van der Waals surface area contributed by atoms with Crippen LogP contribution in [-0.4, -0.2) is 49.4 Å². The minimum Gasteiger partial charge on any atom is -0.493 e. The Hall–Kier alpha value is -3.62. The molecule has 3 aliphatic rings. The van der Waals surface area contributed by atoms with Crippen molar-refractivity contribution in [3.05, 3.63) is 53.3 Å². The van der Waals surface area contributed by atoms with Gasteiger partial charge >= 0.3 is 0 Å². The molecule has 1 fully saturated rings. The van der Waals surface area contributed by atoms with Gasteiger partial charge in [-0.15, -0.1) is 0 Å². The number of halogens is 1. The number of amides is 3. The molecule has 8 nitrogen and oxygen atoms in total. The van der Waals surface area contributed by atoms with E-state index in [2.05, 4.69) is 24.5 Å². The molecule has 0 saturated heterocycles. The molecule has 2 bridgehead atoms. The molecule has 1 saturated carbocycles. The summed E-state index contributed by atoms with van der Waals surface area (Å²) in [6.07, 6.45) is 2.13. The van der Waals surface area contributed by atoms with Gasteiger partial charge in [0.15, 0.2) is 11.5 Å². The molecule has 2 aromatic carbocycles. The van der Waals surface area contributed by atoms with Crippen molar-refractivity contribution in [2.45, 2.75) is 46.1 Å². The van der Waals surface area contributed by atoms with Crippen molar-refractivity contribution in [3.63, 3.8) is 0 Å². The third-order valence-corrected chi connectivity index (χ3v) is 7.03. The number of nitrogens with zero attached hydrogens (tertiary/aromatic N) is 1. The quantitative estimate of drug-likeness (QED) is 0.635. The van der Waals surface area contributed by atoms with E-state index in [1.165, 1.54) is 19.2 Å². The van der Waals surface area contributed by atoms with Crippen LogP contribution in [0.1, 0.15) is 55.5 Å². The summed E-state index contributed by atoms with van der Waals surface area (Å²) in [6, 6.07) is 9.19. The van der Waals surface area contributed by atoms with E-state index in [1.807, 2.05) is 0 Å². The van der Waals surface area contributed by atoms with E-state index >= 15 is 0 Å². The van der Waals surface area contributed by atoms with E-state index in [0.717, 1.165) is 6.42 Å². The standard InChI is InChI=1S/C28H34FN3O5/c1-28(2)16-20(28)27(35)32-13-5-9-25(33)31-17-19-21(29)7-4-8-22(19)37-23-11-10-18(15-24(23)36-3)26(34)30-12-6-14-32/h4,7-8,10-11,15,20H,5-6,9,12-14,16-17H2,1-3H3,(H,30,34)(H,31,33). The maximum Gasteiger partial charge on any atom is 0.251 e. The van der Waals surface area contributed by atoms with Crippen molar-refractivity contribution in [2.24, 2.45) is 11.3 Å². The van der Waals surface area contributed by atoms with E-state index in [-0.39, 0.29) is 53.3 Å². The molecule has 2 aliphatic heterocycles. The molecule has 9 heteroatoms. The van der Waals surface area contributed by atoms with Crippen LogP contribution >= 0.6 is 0 Å². The lowest BCUT2D eigenvalue weighted by molar-refractivity contribution is -0.134. The van der Waals surface area contributed by atoms with Gasteiger partial charge in [0.1, 0.15) is 11.6 Å². The van der Waals surface area contributed by atoms with Crippen molar-refractivity contribution in [1.82, 2.24) is 15.5 Å². The number of carbonyl (C=O) groups excluding carboxylic acids is 3. The van der Waals surface area contributed by atoms with Gasteiger partial charge < -0.3 is 25.0 Å². The highest BCUT2D eigenvalue weighted by Crippen LogP contribution is 2.52. The lowest BCUT2D eigenvalue weighted by atomic mass is 10.1. The second-order valence-electron chi connectivity index (χ2n) is 10.2. The smallest absolute Gasteiger partial charge is 0.251 e. The Bertz CT molecular complexity index is 1180. The lowest BCUT2D eigenvalue weighted by Gasteiger charge is -2.24. The van der Waals surface area contributed by atoms with E-state index in [1.54, 1.807) is 29.2 Å². The number of carbonyl (C=O) groups is 3. The molecule has 1 unspecified atom stereocenters. The topological polar surface area (TPSA) is 97.0 Å². The Labute approximate surface area is 216 Å². The van der Waals surface area contributed by atoms with E-state index in [9.17, 15) is 18.8 Å². The average Bonchev–Trinajstić information content (AvgIpc) is 3.52. The Morgan fingerprint density at radius 1 is 1.11 bits per heavy atom. The number of ether oxygens (including phenoxy) is 2. The Morgan fingerprint density at radius 3 is 2.59 bits per heavy atom. The predicted molar refractivity (Wildman–Crippen MR) is 136 cm³/mol. The first-order valence-electron chi connectivity index (χ1n) is 12.7. The molecule has 5 rings (SSSR count). The van der Waals surface area contributed by atoms with Crippen LogP contribution in [0.3, 0.4) is 0 Å². The summed E-state index contributed by atoms with van der Waals surface area (Å²) in [4.78, 5) is 40.2. The molecule has 1 aliphatic carbocycles. The first kappa shape index (κ1) is 26.4. The lowest BCUT2D eigenvalue weighted by Crippen LogP contribution is -2.37. The molecular weight excluding hydrogens is 477 g/mol. The molecule has 1 atom stereocenters. The van der Waals surface area contributed by atoms with Crippen LogP contribution in [0.15, 0.2) is 36.4 Å². The minimum atomic E-state index is -0.512. The molecule has 0 spiro atoms. The van der Waals surface area contributed by atoms with Crippen molar-refractivity contribution >= 4 is 17.7 Å². The van der Waals surface area contributed by atoms with Crippen molar-refractivity contribution in [2.75, 3.05) is 26.7 Å². The normalized spacial score (nSPS) is 20.3. The molecule has 37 heavy (non-hydrogen) atoms. The zero-order chi connectivity index (χ0) is 26.6. The third-order valence-electron chi connectivity index (χ3n) is 7.03. The Morgan fingerprint density at radius 2 is 1.86 bits per heavy atom. The van der Waals surface area contributed by atoms with Gasteiger partial charge in [0, 0.05) is 49.6 Å². The van der Waals surface area contributed by atoms with Gasteiger partial charge in [-0.3, -0.25) is 14.4 Å². The van der Waals surface area contributed by atoms with Gasteiger partial charge in [0.25, 0.3) is 5.91 Å². The second kappa shape index (κ2) is 11.2. The zero-order valence-electron chi connectivity index (χ0n) is 21.6. The summed E-state index contributed by atoms with van der Waals surface area (Å²) < 4.78 is 26.0. The number of methoxy groups -OCH3 is 1. The van der Waals surface area contributed by atoms with Gasteiger partial charge in [-0.1, -0.05) is 19.9 Å². The van der Waals surface area contributed by atoms with Crippen molar-refractivity contribution in [3.8, 4) is 17.2 Å². The van der Waals surface area contributed by atoms with Crippen LogP contribution < -0.4 is 20.1 Å². The largest absolute Gasteiger partial charge is 0.493 e. The van der Waals surface area contributed by atoms with E-state index in [0.29, 0.717) is 49.5 Å². The highest BCUT2D eigenvalue weighted by molar-refractivity contribution is 5.94. The molecule has 2 aromatic rings. The fourth-order valence-electron chi connectivity index (χ4n) is 4.54. The average molecular weight is 512 g/mol. The Balaban J connectivity index is 1.57. The number of nitrogens with one attached hydrogen (secondary N) is 2. The second-order valence-corrected chi connectivity index (χ2v) is 10.2. The monoisotopic (exact) mass is 511 g/mol. The van der Waals surface area contributed by atoms with Crippen LogP contribution in [0.4, 0.5) is 4.39 Å². The van der Waals surface area contributed by atoms with Gasteiger partial charge in [0.05, 0.1) is 7.11 Å². The van der Waals surface area contributed by atoms with Crippen molar-refractivity contribution in [1.29, 1.82) is 0 Å². The van der Waals surface area contributed by atoms with Gasteiger partial charge in [-0.25, -0.2) is 4.39 Å². The van der Waals surface area contributed by atoms with Gasteiger partial charge in [-0.2, -0.15) is 0 Å². The maximum absolute atomic E-state index is 14.7. The zero-order valence-corrected chi connectivity index (χ0v) is 21.6. The van der Waals surface area contributed by atoms with Crippen LogP contribution in [0.5, 0.6) is 17.2 Å². The highest BCUT2D eigenvalue weighted by Gasteiger charge is 2.51. The summed E-state index contributed by atoms with van der Waals surface area (Å²) in [5.41, 5.74) is 0.588. The Kier molecular flexibility index (Phi) is 8.00. The molecule has 2 N–H and O–H groups in total. The van der Waals surface area contributed by atoms with E-state index < -0.39 is 5.82 Å². The van der Waals surface area contributed by atoms with Gasteiger partial charge in [-0.05, 0) is 55.0 Å². The molecule has 0 aromatic heterocycles. The third kappa shape index (κ3) is 6.39. The molecule has 198 valence electrons. The minimum absolute atomic E-state index is 0.00204. The van der Waals surface area contributed by atoms with Crippen molar-refractivity contribution < 1.29 is 28.2 Å². The fraction of sp³-hybridized carbons (Fsp3) is 0.464. The van der Waals surface area contributed by atoms with E-state index in [4.69, 9.17) is 9.47 Å². The highest BCUT2D eigenvalue weighted by atomic mass is 19.1. The SMILES string of the molecule is COc1cc2ccc1Oc1cccc(F)c1CNC(=O)CCCN(C(=O)C1CC1(C)C)CCCNC2=O. The first-order chi connectivity index (χ1) is 17.7. The summed E-state index contributed by atoms with van der Waals surface area (Å²) in [5, 5.41) is 5.65. The number of benzene rings is 2. The molecule has 2 heterocycles. The first-order valence-corrected chi connectivity index (χ1v) is 12.7. The summed E-state index contributed by atoms with van der Waals surface area (Å²) in [5.74, 6) is -0.0781. The maximum atomic E-state index is 14.7. The summed E-state index contributed by atoms with van der Waals surface area (Å²) in [6.45, 7) is 5.43. The number of rotatable bonds is 2. The van der Waals surface area contributed by atoms with Crippen LogP contribution in [0.25, 0.3) is 0 Å². The fourth-order valence-corrected chi connectivity index (χ4v) is 4.54. The number of hydrogen-bond donors (Lipinski definition) is 2. The van der Waals surface area contributed by atoms with Crippen LogP contribution in [-0.2, 0) is 16.1 Å². The van der Waals surface area contributed by atoms with Crippen LogP contribution in [0, 0.1) is 17.2 Å². The van der Waals surface area contributed by atoms with Crippen LogP contribution in [0.2, 0.25) is 0 Å². The molecule has 0 radical (unpaired) electrons. The number of fused-ring (bicyclic) bond motifs is 13. The van der Waals surface area contributed by atoms with Gasteiger partial charge in [0.2, 0.25) is 11.8 Å². The predicted octanol–water partition coefficient (Wildman–Crippen LogP) is 4.03. The summed E-state index contributed by atoms with van der Waals surface area (Å²) in [7, 11) is 1.46. The number of hydrogen-bond acceptors (Lipinski definition) is 5. The molecular formula is C28H34FN3O5.